The number of pyridine rings is 1. The van der Waals surface area contributed by atoms with Crippen molar-refractivity contribution in [3.63, 3.8) is 0 Å². The molecule has 0 aliphatic carbocycles. The molecule has 3 aromatic rings. The molecule has 0 aliphatic heterocycles. The van der Waals surface area contributed by atoms with E-state index in [1.165, 1.54) is 0 Å². The Morgan fingerprint density at radius 2 is 2.30 bits per heavy atom. The highest BCUT2D eigenvalue weighted by molar-refractivity contribution is 6.30. The largest absolute Gasteiger partial charge is 0.356 e. The van der Waals surface area contributed by atoms with Gasteiger partial charge in [0.25, 0.3) is 5.91 Å². The molecule has 102 valence electrons. The van der Waals surface area contributed by atoms with Gasteiger partial charge in [-0.3, -0.25) is 9.20 Å². The molecule has 0 bridgehead atoms. The molecule has 2 N–H and O–H groups in total. The van der Waals surface area contributed by atoms with Crippen LogP contribution in [-0.2, 0) is 0 Å². The zero-order valence-corrected chi connectivity index (χ0v) is 11.4. The number of fused-ring (bicyclic) bond motifs is 1. The van der Waals surface area contributed by atoms with E-state index in [1.807, 2.05) is 35.7 Å². The van der Waals surface area contributed by atoms with Crippen LogP contribution in [0.5, 0.6) is 0 Å². The molecule has 3 rings (SSSR count). The Morgan fingerprint density at radius 3 is 3.05 bits per heavy atom. The monoisotopic (exact) mass is 289 g/mol. The summed E-state index contributed by atoms with van der Waals surface area (Å²) in [5, 5.41) is 11.5. The predicted molar refractivity (Wildman–Crippen MR) is 74.7 cm³/mol. The first kappa shape index (κ1) is 12.7. The number of hydrogen-bond acceptors (Lipinski definition) is 3. The van der Waals surface area contributed by atoms with Crippen molar-refractivity contribution in [2.45, 2.75) is 13.0 Å². The number of nitrogens with one attached hydrogen (secondary N) is 2. The first-order chi connectivity index (χ1) is 9.65. The Balaban J connectivity index is 1.82. The Kier molecular flexibility index (Phi) is 3.15. The van der Waals surface area contributed by atoms with E-state index >= 15 is 0 Å². The van der Waals surface area contributed by atoms with Crippen molar-refractivity contribution < 1.29 is 4.79 Å². The highest BCUT2D eigenvalue weighted by atomic mass is 35.5. The topological polar surface area (TPSA) is 75.1 Å². The summed E-state index contributed by atoms with van der Waals surface area (Å²) in [7, 11) is 0. The smallest absolute Gasteiger partial charge is 0.268 e. The maximum absolute atomic E-state index is 12.0. The second-order valence-corrected chi connectivity index (χ2v) is 4.85. The average Bonchev–Trinajstić information content (AvgIpc) is 3.04. The Morgan fingerprint density at radius 1 is 1.45 bits per heavy atom. The molecule has 20 heavy (non-hydrogen) atoms. The molecular weight excluding hydrogens is 278 g/mol. The third kappa shape index (κ3) is 2.25. The molecule has 0 saturated carbocycles. The number of aromatic amines is 1. The zero-order chi connectivity index (χ0) is 14.1. The summed E-state index contributed by atoms with van der Waals surface area (Å²) in [5.74, 6) is 0.434. The fourth-order valence-electron chi connectivity index (χ4n) is 1.99. The lowest BCUT2D eigenvalue weighted by atomic mass is 10.3. The average molecular weight is 290 g/mol. The summed E-state index contributed by atoms with van der Waals surface area (Å²) >= 11 is 5.78. The Bertz CT molecular complexity index is 763. The van der Waals surface area contributed by atoms with Crippen LogP contribution in [0.1, 0.15) is 29.3 Å². The molecular formula is C13H12ClN5O. The summed E-state index contributed by atoms with van der Waals surface area (Å²) in [6.45, 7) is 1.85. The highest BCUT2D eigenvalue weighted by Crippen LogP contribution is 2.14. The number of hydrogen-bond donors (Lipinski definition) is 2. The van der Waals surface area contributed by atoms with Crippen LogP contribution < -0.4 is 5.32 Å². The SMILES string of the molecule is CC(NC(=O)c1cc(Cl)c[nH]1)c1nnc2ccccn12. The minimum Gasteiger partial charge on any atom is -0.356 e. The van der Waals surface area contributed by atoms with E-state index in [9.17, 15) is 4.79 Å². The minimum atomic E-state index is -0.276. The van der Waals surface area contributed by atoms with E-state index in [-0.39, 0.29) is 11.9 Å². The first-order valence-corrected chi connectivity index (χ1v) is 6.47. The van der Waals surface area contributed by atoms with Crippen molar-refractivity contribution in [2.75, 3.05) is 0 Å². The lowest BCUT2D eigenvalue weighted by Gasteiger charge is -2.11. The van der Waals surface area contributed by atoms with Gasteiger partial charge in [0.15, 0.2) is 11.5 Å². The number of H-pyrrole nitrogens is 1. The van der Waals surface area contributed by atoms with Crippen LogP contribution in [0.4, 0.5) is 0 Å². The molecule has 0 saturated heterocycles. The lowest BCUT2D eigenvalue weighted by Crippen LogP contribution is -2.28. The van der Waals surface area contributed by atoms with Gasteiger partial charge in [0.1, 0.15) is 5.69 Å². The first-order valence-electron chi connectivity index (χ1n) is 6.09. The van der Waals surface area contributed by atoms with Gasteiger partial charge in [-0.25, -0.2) is 0 Å². The third-order valence-corrected chi connectivity index (χ3v) is 3.19. The van der Waals surface area contributed by atoms with E-state index in [2.05, 4.69) is 20.5 Å². The van der Waals surface area contributed by atoms with Crippen molar-refractivity contribution in [1.29, 1.82) is 0 Å². The minimum absolute atomic E-state index is 0.239. The van der Waals surface area contributed by atoms with Gasteiger partial charge in [0.2, 0.25) is 0 Å². The number of carbonyl (C=O) groups is 1. The molecule has 7 heteroatoms. The quantitative estimate of drug-likeness (QED) is 0.776. The maximum atomic E-state index is 12.0. The maximum Gasteiger partial charge on any atom is 0.268 e. The molecule has 3 aromatic heterocycles. The molecule has 6 nitrogen and oxygen atoms in total. The van der Waals surface area contributed by atoms with Crippen molar-refractivity contribution in [3.05, 3.63) is 53.2 Å². The van der Waals surface area contributed by atoms with Crippen molar-refractivity contribution in [1.82, 2.24) is 24.9 Å². The normalized spacial score (nSPS) is 12.5. The lowest BCUT2D eigenvalue weighted by molar-refractivity contribution is 0.0933. The molecule has 0 spiro atoms. The fraction of sp³-hybridized carbons (Fsp3) is 0.154. The summed E-state index contributed by atoms with van der Waals surface area (Å²) < 4.78 is 1.84. The number of carbonyl (C=O) groups excluding carboxylic acids is 1. The fourth-order valence-corrected chi connectivity index (χ4v) is 2.16. The van der Waals surface area contributed by atoms with Gasteiger partial charge in [-0.1, -0.05) is 17.7 Å². The summed E-state index contributed by atoms with van der Waals surface area (Å²) in [5.41, 5.74) is 1.15. The van der Waals surface area contributed by atoms with Gasteiger partial charge in [-0.15, -0.1) is 10.2 Å². The number of rotatable bonds is 3. The van der Waals surface area contributed by atoms with Crippen LogP contribution in [0.25, 0.3) is 5.65 Å². The second kappa shape index (κ2) is 4.97. The van der Waals surface area contributed by atoms with Crippen LogP contribution in [0.3, 0.4) is 0 Å². The summed E-state index contributed by atoms with van der Waals surface area (Å²) in [6.07, 6.45) is 3.42. The molecule has 3 heterocycles. The van der Waals surface area contributed by atoms with Crippen LogP contribution >= 0.6 is 11.6 Å². The molecule has 1 atom stereocenters. The van der Waals surface area contributed by atoms with Gasteiger partial charge in [-0.2, -0.15) is 0 Å². The predicted octanol–water partition coefficient (Wildman–Crippen LogP) is 2.20. The second-order valence-electron chi connectivity index (χ2n) is 4.41. The van der Waals surface area contributed by atoms with Gasteiger partial charge >= 0.3 is 0 Å². The summed E-state index contributed by atoms with van der Waals surface area (Å²) in [4.78, 5) is 14.8. The van der Waals surface area contributed by atoms with Crippen LogP contribution in [-0.4, -0.2) is 25.5 Å². The molecule has 0 aliphatic rings. The molecule has 0 aromatic carbocycles. The van der Waals surface area contributed by atoms with Crippen LogP contribution in [0.15, 0.2) is 36.7 Å². The van der Waals surface area contributed by atoms with E-state index in [0.29, 0.717) is 16.5 Å². The molecule has 1 amide bonds. The van der Waals surface area contributed by atoms with Gasteiger partial charge in [0.05, 0.1) is 11.1 Å². The molecule has 0 radical (unpaired) electrons. The molecule has 1 unspecified atom stereocenters. The zero-order valence-electron chi connectivity index (χ0n) is 10.7. The molecule has 0 fully saturated rings. The van der Waals surface area contributed by atoms with Gasteiger partial charge in [0, 0.05) is 12.4 Å². The van der Waals surface area contributed by atoms with Crippen molar-refractivity contribution in [2.24, 2.45) is 0 Å². The van der Waals surface area contributed by atoms with Gasteiger partial charge in [-0.05, 0) is 25.1 Å². The van der Waals surface area contributed by atoms with E-state index in [0.717, 1.165) is 5.65 Å². The van der Waals surface area contributed by atoms with Crippen molar-refractivity contribution in [3.8, 4) is 0 Å². The number of halogens is 1. The van der Waals surface area contributed by atoms with Crippen molar-refractivity contribution >= 4 is 23.2 Å². The van der Waals surface area contributed by atoms with E-state index in [4.69, 9.17) is 11.6 Å². The number of aromatic nitrogens is 4. The van der Waals surface area contributed by atoms with Crippen LogP contribution in [0, 0.1) is 0 Å². The van der Waals surface area contributed by atoms with E-state index in [1.54, 1.807) is 12.3 Å². The van der Waals surface area contributed by atoms with Gasteiger partial charge < -0.3 is 10.3 Å². The van der Waals surface area contributed by atoms with E-state index < -0.39 is 0 Å². The third-order valence-electron chi connectivity index (χ3n) is 2.97. The Hall–Kier alpha value is -2.34. The van der Waals surface area contributed by atoms with Crippen LogP contribution in [0.2, 0.25) is 5.02 Å². The number of nitrogens with zero attached hydrogens (tertiary/aromatic N) is 3. The Labute approximate surface area is 119 Å². The standard InChI is InChI=1S/C13H12ClN5O/c1-8(16-13(20)10-6-9(14)7-15-10)12-18-17-11-4-2-3-5-19(11)12/h2-8,15H,1H3,(H,16,20). The highest BCUT2D eigenvalue weighted by Gasteiger charge is 2.17. The summed E-state index contributed by atoms with van der Waals surface area (Å²) in [6, 6.07) is 6.93. The number of amides is 1.